The van der Waals surface area contributed by atoms with Crippen LogP contribution >= 0.6 is 0 Å². The first-order valence-corrected chi connectivity index (χ1v) is 6.27. The molecule has 0 spiro atoms. The smallest absolute Gasteiger partial charge is 0.242 e. The zero-order valence-electron chi connectivity index (χ0n) is 11.0. The molecular formula is C14H17N3O2. The Kier molecular flexibility index (Phi) is 4.37. The summed E-state index contributed by atoms with van der Waals surface area (Å²) < 4.78 is 5.23. The van der Waals surface area contributed by atoms with E-state index in [-0.39, 0.29) is 5.91 Å². The summed E-state index contributed by atoms with van der Waals surface area (Å²) in [6.07, 6.45) is 0. The van der Waals surface area contributed by atoms with Crippen molar-refractivity contribution in [2.24, 2.45) is 0 Å². The van der Waals surface area contributed by atoms with Gasteiger partial charge in [-0.05, 0) is 18.2 Å². The summed E-state index contributed by atoms with van der Waals surface area (Å²) in [4.78, 5) is 15.8. The van der Waals surface area contributed by atoms with E-state index in [1.54, 1.807) is 12.1 Å². The van der Waals surface area contributed by atoms with Gasteiger partial charge < -0.3 is 14.5 Å². The number of likely N-dealkylation sites (N-methyl/N-ethyl adjacent to an activating group) is 1. The third-order valence-electron chi connectivity index (χ3n) is 3.15. The predicted molar refractivity (Wildman–Crippen MR) is 71.8 cm³/mol. The Hall–Kier alpha value is -2.06. The van der Waals surface area contributed by atoms with Gasteiger partial charge in [-0.2, -0.15) is 5.26 Å². The SMILES string of the molecule is CN(CC(=O)N1CCOCC1)c1cccc(C#N)c1. The molecule has 1 aliphatic rings. The second kappa shape index (κ2) is 6.21. The van der Waals surface area contributed by atoms with Crippen LogP contribution in [-0.2, 0) is 9.53 Å². The maximum absolute atomic E-state index is 12.1. The van der Waals surface area contributed by atoms with E-state index in [1.807, 2.05) is 29.0 Å². The van der Waals surface area contributed by atoms with Crippen molar-refractivity contribution in [1.82, 2.24) is 4.90 Å². The molecule has 1 aromatic rings. The van der Waals surface area contributed by atoms with Crippen LogP contribution in [0.5, 0.6) is 0 Å². The molecule has 0 bridgehead atoms. The van der Waals surface area contributed by atoms with Gasteiger partial charge in [-0.3, -0.25) is 4.79 Å². The van der Waals surface area contributed by atoms with Gasteiger partial charge in [0.05, 0.1) is 31.4 Å². The van der Waals surface area contributed by atoms with Gasteiger partial charge >= 0.3 is 0 Å². The Morgan fingerprint density at radius 1 is 1.47 bits per heavy atom. The number of carbonyl (C=O) groups is 1. The first-order chi connectivity index (χ1) is 9.20. The topological polar surface area (TPSA) is 56.6 Å². The van der Waals surface area contributed by atoms with Gasteiger partial charge in [0.2, 0.25) is 5.91 Å². The standard InChI is InChI=1S/C14H17N3O2/c1-16(13-4-2-3-12(9-13)10-15)11-14(18)17-5-7-19-8-6-17/h2-4,9H,5-8,11H2,1H3. The second-order valence-corrected chi connectivity index (χ2v) is 4.51. The molecule has 1 heterocycles. The van der Waals surface area contributed by atoms with E-state index in [1.165, 1.54) is 0 Å². The molecule has 0 atom stereocenters. The number of nitrogens with zero attached hydrogens (tertiary/aromatic N) is 3. The fraction of sp³-hybridized carbons (Fsp3) is 0.429. The van der Waals surface area contributed by atoms with E-state index >= 15 is 0 Å². The number of rotatable bonds is 3. The van der Waals surface area contributed by atoms with Crippen LogP contribution in [0.1, 0.15) is 5.56 Å². The molecular weight excluding hydrogens is 242 g/mol. The third-order valence-corrected chi connectivity index (χ3v) is 3.15. The van der Waals surface area contributed by atoms with Gasteiger partial charge in [0, 0.05) is 25.8 Å². The maximum Gasteiger partial charge on any atom is 0.242 e. The van der Waals surface area contributed by atoms with Crippen molar-refractivity contribution in [1.29, 1.82) is 5.26 Å². The van der Waals surface area contributed by atoms with E-state index in [4.69, 9.17) is 10.00 Å². The van der Waals surface area contributed by atoms with Crippen molar-refractivity contribution in [2.45, 2.75) is 0 Å². The normalized spacial score (nSPS) is 14.8. The highest BCUT2D eigenvalue weighted by Gasteiger charge is 2.18. The summed E-state index contributed by atoms with van der Waals surface area (Å²) in [6, 6.07) is 9.36. The lowest BCUT2D eigenvalue weighted by atomic mass is 10.2. The van der Waals surface area contributed by atoms with Gasteiger partial charge in [0.15, 0.2) is 0 Å². The van der Waals surface area contributed by atoms with E-state index in [0.29, 0.717) is 38.4 Å². The molecule has 0 radical (unpaired) electrons. The van der Waals surface area contributed by atoms with Crippen LogP contribution in [0.3, 0.4) is 0 Å². The summed E-state index contributed by atoms with van der Waals surface area (Å²) in [5, 5.41) is 8.87. The number of amides is 1. The van der Waals surface area contributed by atoms with Crippen LogP contribution in [0, 0.1) is 11.3 Å². The van der Waals surface area contributed by atoms with E-state index < -0.39 is 0 Å². The van der Waals surface area contributed by atoms with Crippen molar-refractivity contribution in [3.8, 4) is 6.07 Å². The lowest BCUT2D eigenvalue weighted by molar-refractivity contribution is -0.133. The number of benzene rings is 1. The highest BCUT2D eigenvalue weighted by molar-refractivity contribution is 5.81. The number of hydrogen-bond donors (Lipinski definition) is 0. The van der Waals surface area contributed by atoms with Crippen LogP contribution in [0.15, 0.2) is 24.3 Å². The molecule has 0 aliphatic carbocycles. The molecule has 1 fully saturated rings. The summed E-state index contributed by atoms with van der Waals surface area (Å²) >= 11 is 0. The first kappa shape index (κ1) is 13.4. The molecule has 0 aromatic heterocycles. The summed E-state index contributed by atoms with van der Waals surface area (Å²) in [7, 11) is 1.86. The predicted octanol–water partition coefficient (Wildman–Crippen LogP) is 0.853. The quantitative estimate of drug-likeness (QED) is 0.807. The van der Waals surface area contributed by atoms with Crippen molar-refractivity contribution in [3.05, 3.63) is 29.8 Å². The van der Waals surface area contributed by atoms with E-state index in [0.717, 1.165) is 5.69 Å². The highest BCUT2D eigenvalue weighted by Crippen LogP contribution is 2.14. The highest BCUT2D eigenvalue weighted by atomic mass is 16.5. The molecule has 1 amide bonds. The van der Waals surface area contributed by atoms with Crippen molar-refractivity contribution < 1.29 is 9.53 Å². The molecule has 1 aliphatic heterocycles. The minimum absolute atomic E-state index is 0.0909. The molecule has 0 saturated carbocycles. The van der Waals surface area contributed by atoms with Gasteiger partial charge in [0.25, 0.3) is 0 Å². The van der Waals surface area contributed by atoms with Gasteiger partial charge in [0.1, 0.15) is 0 Å². The van der Waals surface area contributed by atoms with Crippen LogP contribution in [0.4, 0.5) is 5.69 Å². The summed E-state index contributed by atoms with van der Waals surface area (Å²) in [5.41, 5.74) is 1.48. The van der Waals surface area contributed by atoms with Gasteiger partial charge in [-0.1, -0.05) is 6.07 Å². The number of morpholine rings is 1. The van der Waals surface area contributed by atoms with E-state index in [2.05, 4.69) is 6.07 Å². The number of hydrogen-bond acceptors (Lipinski definition) is 4. The fourth-order valence-electron chi connectivity index (χ4n) is 2.02. The molecule has 2 rings (SSSR count). The number of ether oxygens (including phenoxy) is 1. The fourth-order valence-corrected chi connectivity index (χ4v) is 2.02. The van der Waals surface area contributed by atoms with Gasteiger partial charge in [-0.15, -0.1) is 0 Å². The van der Waals surface area contributed by atoms with Crippen molar-refractivity contribution >= 4 is 11.6 Å². The summed E-state index contributed by atoms with van der Waals surface area (Å²) in [6.45, 7) is 2.85. The Labute approximate surface area is 113 Å². The lowest BCUT2D eigenvalue weighted by Gasteiger charge is -2.29. The number of anilines is 1. The zero-order chi connectivity index (χ0) is 13.7. The third kappa shape index (κ3) is 3.46. The van der Waals surface area contributed by atoms with Crippen LogP contribution < -0.4 is 4.90 Å². The minimum Gasteiger partial charge on any atom is -0.378 e. The van der Waals surface area contributed by atoms with Crippen LogP contribution in [0.25, 0.3) is 0 Å². The monoisotopic (exact) mass is 259 g/mol. The lowest BCUT2D eigenvalue weighted by Crippen LogP contribution is -2.45. The largest absolute Gasteiger partial charge is 0.378 e. The Balaban J connectivity index is 1.97. The van der Waals surface area contributed by atoms with Crippen LogP contribution in [0.2, 0.25) is 0 Å². The Morgan fingerprint density at radius 2 is 2.21 bits per heavy atom. The molecule has 1 aromatic carbocycles. The molecule has 100 valence electrons. The average molecular weight is 259 g/mol. The molecule has 19 heavy (non-hydrogen) atoms. The molecule has 5 heteroatoms. The Morgan fingerprint density at radius 3 is 2.89 bits per heavy atom. The zero-order valence-corrected chi connectivity index (χ0v) is 11.0. The van der Waals surface area contributed by atoms with E-state index in [9.17, 15) is 4.79 Å². The average Bonchev–Trinajstić information content (AvgIpc) is 2.48. The molecule has 0 N–H and O–H groups in total. The first-order valence-electron chi connectivity index (χ1n) is 6.27. The van der Waals surface area contributed by atoms with Crippen LogP contribution in [-0.4, -0.2) is 50.7 Å². The second-order valence-electron chi connectivity index (χ2n) is 4.51. The maximum atomic E-state index is 12.1. The van der Waals surface area contributed by atoms with Crippen molar-refractivity contribution in [3.63, 3.8) is 0 Å². The number of nitriles is 1. The molecule has 0 unspecified atom stereocenters. The number of carbonyl (C=O) groups excluding carboxylic acids is 1. The van der Waals surface area contributed by atoms with Gasteiger partial charge in [-0.25, -0.2) is 0 Å². The Bertz CT molecular complexity index is 490. The molecule has 1 saturated heterocycles. The van der Waals surface area contributed by atoms with Crippen molar-refractivity contribution in [2.75, 3.05) is 44.8 Å². The molecule has 5 nitrogen and oxygen atoms in total. The minimum atomic E-state index is 0.0909. The summed E-state index contributed by atoms with van der Waals surface area (Å²) in [5.74, 6) is 0.0909.